The lowest BCUT2D eigenvalue weighted by atomic mass is 9.97. The fourth-order valence-corrected chi connectivity index (χ4v) is 3.18. The maximum atomic E-state index is 12.3. The first kappa shape index (κ1) is 21.2. The number of aromatic nitrogens is 2. The Morgan fingerprint density at radius 2 is 2.00 bits per heavy atom. The van der Waals surface area contributed by atoms with Crippen LogP contribution in [0.1, 0.15) is 31.6 Å². The number of nitrogens with two attached hydrogens (primary N) is 1. The number of hydrogen-bond acceptors (Lipinski definition) is 6. The molecule has 1 amide bonds. The van der Waals surface area contributed by atoms with Gasteiger partial charge in [-0.25, -0.2) is 0 Å². The van der Waals surface area contributed by atoms with Gasteiger partial charge in [-0.1, -0.05) is 5.16 Å². The van der Waals surface area contributed by atoms with Gasteiger partial charge in [-0.05, 0) is 56.0 Å². The van der Waals surface area contributed by atoms with Gasteiger partial charge < -0.3 is 19.9 Å². The highest BCUT2D eigenvalue weighted by molar-refractivity contribution is 5.85. The van der Waals surface area contributed by atoms with Crippen molar-refractivity contribution in [2.45, 2.75) is 32.1 Å². The first-order valence-corrected chi connectivity index (χ1v) is 9.14. The van der Waals surface area contributed by atoms with E-state index in [1.54, 1.807) is 7.11 Å². The normalized spacial score (nSPS) is 14.7. The van der Waals surface area contributed by atoms with E-state index < -0.39 is 0 Å². The third kappa shape index (κ3) is 5.68. The van der Waals surface area contributed by atoms with Crippen molar-refractivity contribution in [2.75, 3.05) is 26.7 Å². The summed E-state index contributed by atoms with van der Waals surface area (Å²) in [5.41, 5.74) is 6.57. The number of likely N-dealkylation sites (tertiary alicyclic amines) is 1. The van der Waals surface area contributed by atoms with Crippen LogP contribution in [0.4, 0.5) is 0 Å². The molecule has 2 heterocycles. The highest BCUT2D eigenvalue weighted by Crippen LogP contribution is 2.20. The first-order chi connectivity index (χ1) is 12.7. The first-order valence-electron chi connectivity index (χ1n) is 9.14. The van der Waals surface area contributed by atoms with Crippen LogP contribution in [0.5, 0.6) is 5.75 Å². The van der Waals surface area contributed by atoms with Crippen LogP contribution >= 0.6 is 12.4 Å². The van der Waals surface area contributed by atoms with Crippen LogP contribution in [0.3, 0.4) is 0 Å². The summed E-state index contributed by atoms with van der Waals surface area (Å²) in [6, 6.07) is 7.50. The van der Waals surface area contributed by atoms with Gasteiger partial charge in [0.15, 0.2) is 0 Å². The number of carbonyl (C=O) groups is 1. The SMILES string of the molecule is COc1ccc(-c2noc(CCCC(=O)N3CCC(CN)CC3)n2)cc1.Cl. The van der Waals surface area contributed by atoms with Gasteiger partial charge in [0, 0.05) is 31.5 Å². The third-order valence-electron chi connectivity index (χ3n) is 4.90. The maximum absolute atomic E-state index is 12.3. The summed E-state index contributed by atoms with van der Waals surface area (Å²) >= 11 is 0. The van der Waals surface area contributed by atoms with E-state index in [-0.39, 0.29) is 18.3 Å². The van der Waals surface area contributed by atoms with Gasteiger partial charge in [0.05, 0.1) is 7.11 Å². The Balaban J connectivity index is 0.00000261. The molecule has 7 nitrogen and oxygen atoms in total. The molecule has 0 atom stereocenters. The second kappa shape index (κ2) is 10.3. The summed E-state index contributed by atoms with van der Waals surface area (Å²) in [5.74, 6) is 2.67. The highest BCUT2D eigenvalue weighted by atomic mass is 35.5. The Hall–Kier alpha value is -2.12. The molecule has 0 bridgehead atoms. The van der Waals surface area contributed by atoms with Crippen LogP contribution in [0, 0.1) is 5.92 Å². The Morgan fingerprint density at radius 1 is 1.30 bits per heavy atom. The fraction of sp³-hybridized carbons (Fsp3) is 0.526. The lowest BCUT2D eigenvalue weighted by Gasteiger charge is -2.31. The minimum atomic E-state index is 0. The molecule has 1 aliphatic heterocycles. The summed E-state index contributed by atoms with van der Waals surface area (Å²) in [6.45, 7) is 2.36. The zero-order chi connectivity index (χ0) is 18.4. The van der Waals surface area contributed by atoms with E-state index in [1.165, 1.54) is 0 Å². The Kier molecular flexibility index (Phi) is 8.06. The molecule has 0 spiro atoms. The molecule has 1 aromatic heterocycles. The van der Waals surface area contributed by atoms with Gasteiger partial charge in [0.25, 0.3) is 0 Å². The molecule has 3 rings (SSSR count). The van der Waals surface area contributed by atoms with Crippen LogP contribution in [0.15, 0.2) is 28.8 Å². The minimum Gasteiger partial charge on any atom is -0.497 e. The number of halogens is 1. The maximum Gasteiger partial charge on any atom is 0.226 e. The van der Waals surface area contributed by atoms with Gasteiger partial charge in [-0.15, -0.1) is 12.4 Å². The summed E-state index contributed by atoms with van der Waals surface area (Å²) in [7, 11) is 1.63. The van der Waals surface area contributed by atoms with Crippen LogP contribution < -0.4 is 10.5 Å². The molecule has 1 saturated heterocycles. The molecule has 0 radical (unpaired) electrons. The second-order valence-electron chi connectivity index (χ2n) is 6.65. The molecular formula is C19H27ClN4O3. The zero-order valence-corrected chi connectivity index (χ0v) is 16.4. The molecule has 0 aliphatic carbocycles. The van der Waals surface area contributed by atoms with Crippen LogP contribution in [-0.2, 0) is 11.2 Å². The van der Waals surface area contributed by atoms with Crippen LogP contribution in [0.2, 0.25) is 0 Å². The quantitative estimate of drug-likeness (QED) is 0.775. The number of amides is 1. The predicted octanol–water partition coefficient (Wildman–Crippen LogP) is 2.69. The third-order valence-corrected chi connectivity index (χ3v) is 4.90. The van der Waals surface area contributed by atoms with Gasteiger partial charge in [-0.2, -0.15) is 4.98 Å². The Labute approximate surface area is 165 Å². The van der Waals surface area contributed by atoms with E-state index >= 15 is 0 Å². The van der Waals surface area contributed by atoms with Gasteiger partial charge in [-0.3, -0.25) is 4.79 Å². The summed E-state index contributed by atoms with van der Waals surface area (Å²) in [6.07, 6.45) is 3.84. The van der Waals surface area contributed by atoms with Crippen molar-refractivity contribution in [3.05, 3.63) is 30.2 Å². The van der Waals surface area contributed by atoms with Crippen molar-refractivity contribution >= 4 is 18.3 Å². The number of benzene rings is 1. The smallest absolute Gasteiger partial charge is 0.226 e. The molecule has 0 saturated carbocycles. The number of rotatable bonds is 7. The van der Waals surface area contributed by atoms with Gasteiger partial charge in [0.1, 0.15) is 5.75 Å². The topological polar surface area (TPSA) is 94.5 Å². The number of carbonyl (C=O) groups excluding carboxylic acids is 1. The zero-order valence-electron chi connectivity index (χ0n) is 15.6. The number of nitrogens with zero attached hydrogens (tertiary/aromatic N) is 3. The molecule has 0 unspecified atom stereocenters. The number of hydrogen-bond donors (Lipinski definition) is 1. The predicted molar refractivity (Wildman–Crippen MR) is 105 cm³/mol. The number of aryl methyl sites for hydroxylation is 1. The molecule has 2 aromatic rings. The lowest BCUT2D eigenvalue weighted by Crippen LogP contribution is -2.39. The van der Waals surface area contributed by atoms with Crippen molar-refractivity contribution in [3.8, 4) is 17.1 Å². The second-order valence-corrected chi connectivity index (χ2v) is 6.65. The molecule has 8 heteroatoms. The highest BCUT2D eigenvalue weighted by Gasteiger charge is 2.21. The van der Waals surface area contributed by atoms with Crippen LogP contribution in [0.25, 0.3) is 11.4 Å². The number of ether oxygens (including phenoxy) is 1. The van der Waals surface area contributed by atoms with E-state index in [0.29, 0.717) is 36.9 Å². The van der Waals surface area contributed by atoms with E-state index in [1.807, 2.05) is 29.2 Å². The molecule has 1 aromatic carbocycles. The summed E-state index contributed by atoms with van der Waals surface area (Å²) in [4.78, 5) is 18.6. The number of piperidine rings is 1. The van der Waals surface area contributed by atoms with E-state index in [4.69, 9.17) is 15.0 Å². The molecule has 2 N–H and O–H groups in total. The molecule has 27 heavy (non-hydrogen) atoms. The van der Waals surface area contributed by atoms with Crippen LogP contribution in [-0.4, -0.2) is 47.7 Å². The fourth-order valence-electron chi connectivity index (χ4n) is 3.18. The molecule has 148 valence electrons. The summed E-state index contributed by atoms with van der Waals surface area (Å²) < 4.78 is 10.4. The van der Waals surface area contributed by atoms with E-state index in [0.717, 1.165) is 43.8 Å². The van der Waals surface area contributed by atoms with E-state index in [2.05, 4.69) is 10.1 Å². The molecule has 1 fully saturated rings. The van der Waals surface area contributed by atoms with Gasteiger partial charge in [0.2, 0.25) is 17.6 Å². The van der Waals surface area contributed by atoms with Gasteiger partial charge >= 0.3 is 0 Å². The average Bonchev–Trinajstić information content (AvgIpc) is 3.17. The molecule has 1 aliphatic rings. The minimum absolute atomic E-state index is 0. The van der Waals surface area contributed by atoms with Crippen molar-refractivity contribution in [1.82, 2.24) is 15.0 Å². The van der Waals surface area contributed by atoms with Crippen molar-refractivity contribution in [1.29, 1.82) is 0 Å². The monoisotopic (exact) mass is 394 g/mol. The van der Waals surface area contributed by atoms with Crippen molar-refractivity contribution < 1.29 is 14.1 Å². The largest absolute Gasteiger partial charge is 0.497 e. The van der Waals surface area contributed by atoms with E-state index in [9.17, 15) is 4.79 Å². The lowest BCUT2D eigenvalue weighted by molar-refractivity contribution is -0.132. The standard InChI is InChI=1S/C19H26N4O3.ClH/c1-25-16-7-5-15(6-8-16)19-21-17(26-22-19)3-2-4-18(24)23-11-9-14(13-20)10-12-23;/h5-8,14H,2-4,9-13,20H2,1H3;1H. The molecular weight excluding hydrogens is 368 g/mol. The average molecular weight is 395 g/mol. The number of methoxy groups -OCH3 is 1. The Bertz CT molecular complexity index is 712. The Morgan fingerprint density at radius 3 is 2.63 bits per heavy atom. The van der Waals surface area contributed by atoms with Crippen molar-refractivity contribution in [2.24, 2.45) is 11.7 Å². The summed E-state index contributed by atoms with van der Waals surface area (Å²) in [5, 5.41) is 4.01. The van der Waals surface area contributed by atoms with Crippen molar-refractivity contribution in [3.63, 3.8) is 0 Å².